The highest BCUT2D eigenvalue weighted by atomic mass is 16.4. The Balaban J connectivity index is 2.12. The summed E-state index contributed by atoms with van der Waals surface area (Å²) < 4.78 is 6.81. The summed E-state index contributed by atoms with van der Waals surface area (Å²) in [5.74, 6) is -0.359. The van der Waals surface area contributed by atoms with Crippen LogP contribution in [0.1, 0.15) is 11.1 Å². The molecule has 1 heterocycles. The van der Waals surface area contributed by atoms with E-state index in [2.05, 4.69) is 6.07 Å². The number of aromatic nitrogens is 1. The molecule has 0 atom stereocenters. The molecule has 0 bridgehead atoms. The van der Waals surface area contributed by atoms with Crippen LogP contribution in [0.15, 0.2) is 51.7 Å². The maximum atomic E-state index is 11.9. The minimum atomic E-state index is -0.359. The third-order valence-corrected chi connectivity index (χ3v) is 3.11. The van der Waals surface area contributed by atoms with Crippen molar-refractivity contribution < 1.29 is 4.42 Å². The number of fused-ring (bicyclic) bond motifs is 1. The first kappa shape index (κ1) is 11.6. The van der Waals surface area contributed by atoms with Crippen LogP contribution in [0.25, 0.3) is 11.1 Å². The molecule has 0 unspecified atom stereocenters. The molecule has 1 aromatic heterocycles. The quantitative estimate of drug-likeness (QED) is 0.715. The number of rotatable bonds is 2. The van der Waals surface area contributed by atoms with Crippen molar-refractivity contribution in [3.8, 4) is 0 Å². The average molecular weight is 254 g/mol. The number of anilines is 1. The predicted octanol–water partition coefficient (Wildman–Crippen LogP) is 2.53. The highest BCUT2D eigenvalue weighted by Crippen LogP contribution is 2.17. The molecular weight excluding hydrogens is 240 g/mol. The number of oxazole rings is 1. The van der Waals surface area contributed by atoms with Crippen LogP contribution >= 0.6 is 0 Å². The van der Waals surface area contributed by atoms with Crippen LogP contribution in [0.4, 0.5) is 5.69 Å². The number of hydrogen-bond donors (Lipinski definition) is 1. The zero-order chi connectivity index (χ0) is 13.4. The molecule has 0 aliphatic heterocycles. The van der Waals surface area contributed by atoms with Crippen LogP contribution in [0.5, 0.6) is 0 Å². The van der Waals surface area contributed by atoms with Crippen LogP contribution in [-0.2, 0) is 6.54 Å². The van der Waals surface area contributed by atoms with Crippen molar-refractivity contribution >= 4 is 16.8 Å². The van der Waals surface area contributed by atoms with Crippen molar-refractivity contribution in [2.75, 3.05) is 5.73 Å². The summed E-state index contributed by atoms with van der Waals surface area (Å²) in [6.45, 7) is 2.51. The molecule has 0 aliphatic carbocycles. The van der Waals surface area contributed by atoms with Gasteiger partial charge in [-0.05, 0) is 30.7 Å². The van der Waals surface area contributed by atoms with E-state index in [1.807, 2.05) is 25.1 Å². The zero-order valence-corrected chi connectivity index (χ0v) is 10.6. The summed E-state index contributed by atoms with van der Waals surface area (Å²) in [4.78, 5) is 11.9. The lowest BCUT2D eigenvalue weighted by Crippen LogP contribution is -2.14. The molecule has 2 N–H and O–H groups in total. The molecule has 0 saturated heterocycles. The number of aryl methyl sites for hydroxylation is 1. The van der Waals surface area contributed by atoms with Gasteiger partial charge in [0.15, 0.2) is 5.58 Å². The Morgan fingerprint density at radius 1 is 1.21 bits per heavy atom. The van der Waals surface area contributed by atoms with Crippen LogP contribution in [0.2, 0.25) is 0 Å². The smallest absolute Gasteiger partial charge is 0.408 e. The molecule has 96 valence electrons. The van der Waals surface area contributed by atoms with Crippen molar-refractivity contribution in [3.63, 3.8) is 0 Å². The maximum Gasteiger partial charge on any atom is 0.420 e. The summed E-state index contributed by atoms with van der Waals surface area (Å²) >= 11 is 0. The lowest BCUT2D eigenvalue weighted by Gasteiger charge is -2.04. The fraction of sp³-hybridized carbons (Fsp3) is 0.133. The SMILES string of the molecule is Cc1cccc(Cn2c(=O)oc3ccc(N)cc32)c1. The first-order chi connectivity index (χ1) is 9.13. The molecule has 0 saturated carbocycles. The molecule has 0 amide bonds. The first-order valence-electron chi connectivity index (χ1n) is 6.08. The number of nitrogens with two attached hydrogens (primary N) is 1. The lowest BCUT2D eigenvalue weighted by atomic mass is 10.1. The molecule has 3 aromatic rings. The minimum absolute atomic E-state index is 0.359. The van der Waals surface area contributed by atoms with Gasteiger partial charge in [-0.3, -0.25) is 4.57 Å². The summed E-state index contributed by atoms with van der Waals surface area (Å²) in [7, 11) is 0. The van der Waals surface area contributed by atoms with Gasteiger partial charge >= 0.3 is 5.76 Å². The molecule has 19 heavy (non-hydrogen) atoms. The monoisotopic (exact) mass is 254 g/mol. The number of hydrogen-bond acceptors (Lipinski definition) is 3. The van der Waals surface area contributed by atoms with Crippen LogP contribution in [0, 0.1) is 6.92 Å². The molecule has 2 aromatic carbocycles. The Bertz CT molecular complexity index is 799. The van der Waals surface area contributed by atoms with Crippen molar-refractivity contribution in [1.82, 2.24) is 4.57 Å². The van der Waals surface area contributed by atoms with E-state index in [0.717, 1.165) is 16.6 Å². The van der Waals surface area contributed by atoms with Gasteiger partial charge in [-0.1, -0.05) is 29.8 Å². The second-order valence-electron chi connectivity index (χ2n) is 4.67. The van der Waals surface area contributed by atoms with E-state index in [9.17, 15) is 4.79 Å². The Labute approximate surface area is 110 Å². The predicted molar refractivity (Wildman–Crippen MR) is 75.2 cm³/mol. The van der Waals surface area contributed by atoms with Crippen molar-refractivity contribution in [3.05, 3.63) is 64.1 Å². The van der Waals surface area contributed by atoms with E-state index in [1.54, 1.807) is 22.8 Å². The van der Waals surface area contributed by atoms with Gasteiger partial charge in [0.25, 0.3) is 0 Å². The van der Waals surface area contributed by atoms with E-state index >= 15 is 0 Å². The van der Waals surface area contributed by atoms with E-state index in [4.69, 9.17) is 10.2 Å². The van der Waals surface area contributed by atoms with Crippen LogP contribution in [-0.4, -0.2) is 4.57 Å². The third kappa shape index (κ3) is 2.12. The van der Waals surface area contributed by atoms with Gasteiger partial charge in [-0.25, -0.2) is 4.79 Å². The summed E-state index contributed by atoms with van der Waals surface area (Å²) in [5.41, 5.74) is 9.90. The first-order valence-corrected chi connectivity index (χ1v) is 6.08. The number of nitrogens with zero attached hydrogens (tertiary/aromatic N) is 1. The van der Waals surface area contributed by atoms with Gasteiger partial charge in [0.2, 0.25) is 0 Å². The maximum absolute atomic E-state index is 11.9. The Kier molecular flexibility index (Phi) is 2.63. The topological polar surface area (TPSA) is 61.2 Å². The standard InChI is InChI=1S/C15H14N2O2/c1-10-3-2-4-11(7-10)9-17-13-8-12(16)5-6-14(13)19-15(17)18/h2-8H,9,16H2,1H3. The molecular formula is C15H14N2O2. The molecule has 0 fully saturated rings. The Hall–Kier alpha value is -2.49. The van der Waals surface area contributed by atoms with E-state index in [-0.39, 0.29) is 5.76 Å². The summed E-state index contributed by atoms with van der Waals surface area (Å²) in [5, 5.41) is 0. The molecule has 4 nitrogen and oxygen atoms in total. The normalized spacial score (nSPS) is 11.0. The van der Waals surface area contributed by atoms with Gasteiger partial charge in [-0.15, -0.1) is 0 Å². The second kappa shape index (κ2) is 4.31. The van der Waals surface area contributed by atoms with Crippen molar-refractivity contribution in [2.24, 2.45) is 0 Å². The van der Waals surface area contributed by atoms with Gasteiger partial charge in [0.05, 0.1) is 12.1 Å². The van der Waals surface area contributed by atoms with E-state index < -0.39 is 0 Å². The van der Waals surface area contributed by atoms with Crippen molar-refractivity contribution in [2.45, 2.75) is 13.5 Å². The molecule has 0 spiro atoms. The van der Waals surface area contributed by atoms with Gasteiger partial charge in [-0.2, -0.15) is 0 Å². The van der Waals surface area contributed by atoms with Crippen molar-refractivity contribution in [1.29, 1.82) is 0 Å². The van der Waals surface area contributed by atoms with Crippen LogP contribution < -0.4 is 11.5 Å². The fourth-order valence-corrected chi connectivity index (χ4v) is 2.22. The second-order valence-corrected chi connectivity index (χ2v) is 4.67. The minimum Gasteiger partial charge on any atom is -0.408 e. The highest BCUT2D eigenvalue weighted by Gasteiger charge is 2.09. The van der Waals surface area contributed by atoms with E-state index in [1.165, 1.54) is 0 Å². The third-order valence-electron chi connectivity index (χ3n) is 3.11. The van der Waals surface area contributed by atoms with Gasteiger partial charge in [0, 0.05) is 5.69 Å². The Morgan fingerprint density at radius 2 is 2.05 bits per heavy atom. The molecule has 0 radical (unpaired) electrons. The number of nitrogen functional groups attached to an aromatic ring is 1. The van der Waals surface area contributed by atoms with Crippen LogP contribution in [0.3, 0.4) is 0 Å². The largest absolute Gasteiger partial charge is 0.420 e. The Morgan fingerprint density at radius 3 is 2.84 bits per heavy atom. The fourth-order valence-electron chi connectivity index (χ4n) is 2.22. The van der Waals surface area contributed by atoms with Gasteiger partial charge < -0.3 is 10.2 Å². The van der Waals surface area contributed by atoms with Gasteiger partial charge in [0.1, 0.15) is 0 Å². The molecule has 3 rings (SSSR count). The lowest BCUT2D eigenvalue weighted by molar-refractivity contribution is 0.517. The summed E-state index contributed by atoms with van der Waals surface area (Å²) in [6, 6.07) is 13.3. The molecule has 0 aliphatic rings. The highest BCUT2D eigenvalue weighted by molar-refractivity contribution is 5.77. The number of benzene rings is 2. The summed E-state index contributed by atoms with van der Waals surface area (Å²) in [6.07, 6.45) is 0. The zero-order valence-electron chi connectivity index (χ0n) is 10.6. The van der Waals surface area contributed by atoms with E-state index in [0.29, 0.717) is 17.8 Å². The molecule has 4 heteroatoms. The average Bonchev–Trinajstić information content (AvgIpc) is 2.66.